The molecule has 0 spiro atoms. The van der Waals surface area contributed by atoms with Gasteiger partial charge in [0.15, 0.2) is 9.84 Å². The van der Waals surface area contributed by atoms with Gasteiger partial charge in [-0.3, -0.25) is 4.79 Å². The molecule has 1 amide bonds. The normalized spacial score (nSPS) is 19.1. The number of para-hydroxylation sites is 1. The molecule has 1 aliphatic heterocycles. The maximum atomic E-state index is 11.8. The van der Waals surface area contributed by atoms with Crippen LogP contribution < -0.4 is 10.1 Å². The van der Waals surface area contributed by atoms with E-state index >= 15 is 0 Å². The number of ether oxygens (including phenoxy) is 1. The van der Waals surface area contributed by atoms with Crippen LogP contribution in [0.2, 0.25) is 0 Å². The van der Waals surface area contributed by atoms with Crippen LogP contribution in [-0.4, -0.2) is 39.5 Å². The van der Waals surface area contributed by atoms with E-state index < -0.39 is 9.84 Å². The van der Waals surface area contributed by atoms with Crippen LogP contribution in [-0.2, 0) is 21.1 Å². The lowest BCUT2D eigenvalue weighted by atomic mass is 10.0. The first-order chi connectivity index (χ1) is 11.5. The molecule has 1 aromatic carbocycles. The predicted molar refractivity (Wildman–Crippen MR) is 94.9 cm³/mol. The number of methoxy groups -OCH3 is 1. The SMILES string of the molecule is COc1ccccc1CCCCNC(=O)CCC1CCS(=O)(=O)C1. The maximum absolute atomic E-state index is 11.8. The summed E-state index contributed by atoms with van der Waals surface area (Å²) >= 11 is 0. The van der Waals surface area contributed by atoms with Gasteiger partial charge in [0.05, 0.1) is 18.6 Å². The Labute approximate surface area is 144 Å². The van der Waals surface area contributed by atoms with E-state index in [2.05, 4.69) is 11.4 Å². The lowest BCUT2D eigenvalue weighted by Gasteiger charge is -2.09. The van der Waals surface area contributed by atoms with E-state index in [-0.39, 0.29) is 23.3 Å². The summed E-state index contributed by atoms with van der Waals surface area (Å²) in [6.07, 6.45) is 4.64. The number of carbonyl (C=O) groups excluding carboxylic acids is 1. The fourth-order valence-corrected chi connectivity index (χ4v) is 5.01. The van der Waals surface area contributed by atoms with Gasteiger partial charge in [0.2, 0.25) is 5.91 Å². The Bertz CT molecular complexity index is 642. The summed E-state index contributed by atoms with van der Waals surface area (Å²) in [6.45, 7) is 0.664. The molecule has 0 saturated carbocycles. The van der Waals surface area contributed by atoms with Crippen LogP contribution in [0.5, 0.6) is 5.75 Å². The van der Waals surface area contributed by atoms with Crippen LogP contribution >= 0.6 is 0 Å². The van der Waals surface area contributed by atoms with Gasteiger partial charge in [0.25, 0.3) is 0 Å². The molecule has 1 aromatic rings. The minimum absolute atomic E-state index is 0.0246. The van der Waals surface area contributed by atoms with Crippen LogP contribution in [0.4, 0.5) is 0 Å². The molecule has 0 bridgehead atoms. The first-order valence-corrected chi connectivity index (χ1v) is 10.4. The third-order valence-electron chi connectivity index (χ3n) is 4.49. The quantitative estimate of drug-likeness (QED) is 0.692. The van der Waals surface area contributed by atoms with E-state index in [4.69, 9.17) is 4.74 Å². The maximum Gasteiger partial charge on any atom is 0.220 e. The molecular formula is C18H27NO4S. The van der Waals surface area contributed by atoms with Crippen molar-refractivity contribution in [3.8, 4) is 5.75 Å². The average Bonchev–Trinajstić information content (AvgIpc) is 2.92. The van der Waals surface area contributed by atoms with Gasteiger partial charge in [-0.1, -0.05) is 18.2 Å². The molecule has 0 aliphatic carbocycles. The number of unbranched alkanes of at least 4 members (excludes halogenated alkanes) is 1. The van der Waals surface area contributed by atoms with Crippen molar-refractivity contribution < 1.29 is 17.9 Å². The smallest absolute Gasteiger partial charge is 0.220 e. The fraction of sp³-hybridized carbons (Fsp3) is 0.611. The number of rotatable bonds is 9. The van der Waals surface area contributed by atoms with Crippen molar-refractivity contribution in [3.63, 3.8) is 0 Å². The van der Waals surface area contributed by atoms with Crippen molar-refractivity contribution in [2.75, 3.05) is 25.2 Å². The summed E-state index contributed by atoms with van der Waals surface area (Å²) in [5.74, 6) is 1.62. The van der Waals surface area contributed by atoms with Crippen molar-refractivity contribution in [1.82, 2.24) is 5.32 Å². The molecule has 1 fully saturated rings. The van der Waals surface area contributed by atoms with Gasteiger partial charge in [0, 0.05) is 13.0 Å². The van der Waals surface area contributed by atoms with Crippen LogP contribution in [0.3, 0.4) is 0 Å². The zero-order valence-corrected chi connectivity index (χ0v) is 15.1. The number of nitrogens with one attached hydrogen (secondary N) is 1. The second-order valence-corrected chi connectivity index (χ2v) is 8.66. The number of hydrogen-bond donors (Lipinski definition) is 1. The van der Waals surface area contributed by atoms with Crippen molar-refractivity contribution in [2.24, 2.45) is 5.92 Å². The van der Waals surface area contributed by atoms with Crippen LogP contribution in [0.1, 0.15) is 37.7 Å². The second kappa shape index (κ2) is 9.06. The molecule has 1 N–H and O–H groups in total. The largest absolute Gasteiger partial charge is 0.496 e. The Morgan fingerprint density at radius 1 is 1.29 bits per heavy atom. The fourth-order valence-electron chi connectivity index (χ4n) is 3.10. The van der Waals surface area contributed by atoms with E-state index in [1.54, 1.807) is 7.11 Å². The summed E-state index contributed by atoms with van der Waals surface area (Å²) < 4.78 is 28.1. The van der Waals surface area contributed by atoms with Crippen LogP contribution in [0, 0.1) is 5.92 Å². The minimum atomic E-state index is -2.84. The Balaban J connectivity index is 1.56. The Morgan fingerprint density at radius 3 is 2.79 bits per heavy atom. The van der Waals surface area contributed by atoms with E-state index in [0.29, 0.717) is 25.8 Å². The highest BCUT2D eigenvalue weighted by atomic mass is 32.2. The van der Waals surface area contributed by atoms with E-state index in [1.165, 1.54) is 5.56 Å². The third-order valence-corrected chi connectivity index (χ3v) is 6.33. The molecule has 2 rings (SSSR count). The highest BCUT2D eigenvalue weighted by Gasteiger charge is 2.27. The Morgan fingerprint density at radius 2 is 2.08 bits per heavy atom. The molecule has 1 unspecified atom stereocenters. The molecule has 24 heavy (non-hydrogen) atoms. The summed E-state index contributed by atoms with van der Waals surface area (Å²) in [5, 5.41) is 2.92. The molecule has 0 radical (unpaired) electrons. The standard InChI is InChI=1S/C18H27NO4S/c1-23-17-8-3-2-6-16(17)7-4-5-12-19-18(20)10-9-15-11-13-24(21,22)14-15/h2-3,6,8,15H,4-5,7,9-14H2,1H3,(H,19,20). The average molecular weight is 353 g/mol. The summed E-state index contributed by atoms with van der Waals surface area (Å²) in [7, 11) is -1.17. The van der Waals surface area contributed by atoms with E-state index in [0.717, 1.165) is 25.0 Å². The van der Waals surface area contributed by atoms with Crippen molar-refractivity contribution in [2.45, 2.75) is 38.5 Å². The van der Waals surface area contributed by atoms with Gasteiger partial charge in [-0.15, -0.1) is 0 Å². The molecule has 1 saturated heterocycles. The highest BCUT2D eigenvalue weighted by molar-refractivity contribution is 7.91. The molecule has 134 valence electrons. The molecular weight excluding hydrogens is 326 g/mol. The topological polar surface area (TPSA) is 72.5 Å². The molecule has 1 heterocycles. The first kappa shape index (κ1) is 18.8. The Hall–Kier alpha value is -1.56. The Kier molecular flexibility index (Phi) is 7.09. The van der Waals surface area contributed by atoms with Crippen molar-refractivity contribution in [3.05, 3.63) is 29.8 Å². The van der Waals surface area contributed by atoms with Gasteiger partial charge in [-0.25, -0.2) is 8.42 Å². The van der Waals surface area contributed by atoms with Crippen LogP contribution in [0.15, 0.2) is 24.3 Å². The summed E-state index contributed by atoms with van der Waals surface area (Å²) in [5.41, 5.74) is 1.19. The summed E-state index contributed by atoms with van der Waals surface area (Å²) in [6, 6.07) is 7.98. The number of hydrogen-bond acceptors (Lipinski definition) is 4. The van der Waals surface area contributed by atoms with Crippen molar-refractivity contribution in [1.29, 1.82) is 0 Å². The lowest BCUT2D eigenvalue weighted by molar-refractivity contribution is -0.121. The predicted octanol–water partition coefficient (Wildman–Crippen LogP) is 2.35. The molecule has 1 aliphatic rings. The van der Waals surface area contributed by atoms with Gasteiger partial charge in [-0.05, 0) is 49.7 Å². The highest BCUT2D eigenvalue weighted by Crippen LogP contribution is 2.22. The summed E-state index contributed by atoms with van der Waals surface area (Å²) in [4.78, 5) is 11.8. The zero-order valence-electron chi connectivity index (χ0n) is 14.3. The molecule has 5 nitrogen and oxygen atoms in total. The lowest BCUT2D eigenvalue weighted by Crippen LogP contribution is -2.25. The van der Waals surface area contributed by atoms with Gasteiger partial charge in [-0.2, -0.15) is 0 Å². The first-order valence-electron chi connectivity index (χ1n) is 8.59. The number of carbonyl (C=O) groups is 1. The number of sulfone groups is 1. The number of amides is 1. The van der Waals surface area contributed by atoms with Crippen LogP contribution in [0.25, 0.3) is 0 Å². The zero-order chi connectivity index (χ0) is 17.4. The molecule has 6 heteroatoms. The molecule has 1 atom stereocenters. The number of aryl methyl sites for hydroxylation is 1. The van der Waals surface area contributed by atoms with Gasteiger partial charge < -0.3 is 10.1 Å². The number of benzene rings is 1. The van der Waals surface area contributed by atoms with Crippen molar-refractivity contribution >= 4 is 15.7 Å². The monoisotopic (exact) mass is 353 g/mol. The van der Waals surface area contributed by atoms with Gasteiger partial charge in [0.1, 0.15) is 5.75 Å². The van der Waals surface area contributed by atoms with E-state index in [9.17, 15) is 13.2 Å². The van der Waals surface area contributed by atoms with E-state index in [1.807, 2.05) is 18.2 Å². The minimum Gasteiger partial charge on any atom is -0.496 e. The third kappa shape index (κ3) is 6.15. The van der Waals surface area contributed by atoms with Gasteiger partial charge >= 0.3 is 0 Å². The molecule has 0 aromatic heterocycles. The second-order valence-electron chi connectivity index (χ2n) is 6.43.